The molecule has 1 amide bonds. The van der Waals surface area contributed by atoms with E-state index in [1.54, 1.807) is 10.9 Å². The van der Waals surface area contributed by atoms with E-state index in [2.05, 4.69) is 39.5 Å². The number of aromatic nitrogens is 3. The predicted molar refractivity (Wildman–Crippen MR) is 139 cm³/mol. The normalized spacial score (nSPS) is 20.1. The van der Waals surface area contributed by atoms with E-state index in [9.17, 15) is 4.79 Å². The Morgan fingerprint density at radius 1 is 1.11 bits per heavy atom. The molecule has 4 heterocycles. The van der Waals surface area contributed by atoms with E-state index >= 15 is 0 Å². The van der Waals surface area contributed by atoms with Gasteiger partial charge in [-0.05, 0) is 63.5 Å². The van der Waals surface area contributed by atoms with Gasteiger partial charge in [0.1, 0.15) is 0 Å². The molecule has 1 atom stereocenters. The number of aryl methyl sites for hydroxylation is 1. The van der Waals surface area contributed by atoms with Gasteiger partial charge in [-0.15, -0.1) is 0 Å². The standard InChI is InChI=1S/C27H33N7O/c1-17-23(28)21(18-7-5-4-6-8-18)9-12-29-24(17)19-15-22-25(32-34(3)26(22)30-16-19)27(35)31-20-10-13-33(2)14-11-20/h4-8,15-16,20-21H,9-14,28H2,1-3H3,(H,31,35). The van der Waals surface area contributed by atoms with Crippen LogP contribution < -0.4 is 11.1 Å². The molecule has 35 heavy (non-hydrogen) atoms. The number of allylic oxidation sites excluding steroid dienone is 2. The second-order valence-electron chi connectivity index (χ2n) is 9.68. The first-order valence-corrected chi connectivity index (χ1v) is 12.3. The molecule has 3 N–H and O–H groups in total. The van der Waals surface area contributed by atoms with Crippen LogP contribution in [-0.2, 0) is 7.05 Å². The van der Waals surface area contributed by atoms with E-state index in [0.717, 1.165) is 60.3 Å². The molecule has 0 bridgehead atoms. The molecule has 0 aliphatic carbocycles. The molecule has 2 aliphatic rings. The highest BCUT2D eigenvalue weighted by molar-refractivity contribution is 6.15. The lowest BCUT2D eigenvalue weighted by atomic mass is 9.89. The smallest absolute Gasteiger partial charge is 0.272 e. The molecule has 2 aliphatic heterocycles. The van der Waals surface area contributed by atoms with Crippen LogP contribution in [0, 0.1) is 0 Å². The van der Waals surface area contributed by atoms with Crippen molar-refractivity contribution >= 4 is 22.7 Å². The summed E-state index contributed by atoms with van der Waals surface area (Å²) in [6.45, 7) is 4.66. The number of likely N-dealkylation sites (tertiary alicyclic amines) is 1. The van der Waals surface area contributed by atoms with Crippen molar-refractivity contribution in [1.29, 1.82) is 0 Å². The molecular formula is C27H33N7O. The Labute approximate surface area is 205 Å². The van der Waals surface area contributed by atoms with Crippen molar-refractivity contribution in [3.05, 3.63) is 70.7 Å². The maximum absolute atomic E-state index is 13.2. The summed E-state index contributed by atoms with van der Waals surface area (Å²) in [4.78, 5) is 25.0. The first kappa shape index (κ1) is 23.2. The number of hydrogen-bond donors (Lipinski definition) is 2. The molecule has 1 aromatic carbocycles. The molecule has 1 saturated heterocycles. The van der Waals surface area contributed by atoms with Crippen LogP contribution in [0.3, 0.4) is 0 Å². The summed E-state index contributed by atoms with van der Waals surface area (Å²) < 4.78 is 1.67. The number of carbonyl (C=O) groups excluding carboxylic acids is 1. The van der Waals surface area contributed by atoms with Crippen molar-refractivity contribution in [2.24, 2.45) is 17.8 Å². The summed E-state index contributed by atoms with van der Waals surface area (Å²) in [5.41, 5.74) is 12.4. The highest BCUT2D eigenvalue weighted by Crippen LogP contribution is 2.31. The number of carbonyl (C=O) groups is 1. The Hall–Kier alpha value is -3.52. The highest BCUT2D eigenvalue weighted by atomic mass is 16.2. The minimum Gasteiger partial charge on any atom is -0.401 e. The minimum absolute atomic E-state index is 0.128. The van der Waals surface area contributed by atoms with Crippen LogP contribution in [0.5, 0.6) is 0 Å². The van der Waals surface area contributed by atoms with Crippen molar-refractivity contribution in [3.63, 3.8) is 0 Å². The van der Waals surface area contributed by atoms with Crippen molar-refractivity contribution in [2.45, 2.75) is 38.1 Å². The van der Waals surface area contributed by atoms with Crippen molar-refractivity contribution < 1.29 is 4.79 Å². The van der Waals surface area contributed by atoms with Crippen molar-refractivity contribution in [1.82, 2.24) is 25.0 Å². The summed E-state index contributed by atoms with van der Waals surface area (Å²) >= 11 is 0. The molecule has 8 heteroatoms. The number of nitrogens with zero attached hydrogens (tertiary/aromatic N) is 5. The van der Waals surface area contributed by atoms with Gasteiger partial charge in [-0.1, -0.05) is 30.3 Å². The first-order chi connectivity index (χ1) is 16.9. The fraction of sp³-hybridized carbons (Fsp3) is 0.407. The van der Waals surface area contributed by atoms with Gasteiger partial charge in [0.25, 0.3) is 5.91 Å². The molecule has 0 radical (unpaired) electrons. The SMILES string of the molecule is CC1=C(N)C(c2ccccc2)CCN=C1c1cnc2c(c1)c(C(=O)NC1CCN(C)CC1)nn2C. The number of nitrogens with two attached hydrogens (primary N) is 1. The third kappa shape index (κ3) is 4.58. The summed E-state index contributed by atoms with van der Waals surface area (Å²) in [5.74, 6) is -0.0220. The monoisotopic (exact) mass is 471 g/mol. The van der Waals surface area contributed by atoms with Gasteiger partial charge in [0.15, 0.2) is 11.3 Å². The number of amides is 1. The van der Waals surface area contributed by atoms with Gasteiger partial charge in [-0.2, -0.15) is 5.10 Å². The Balaban J connectivity index is 1.47. The summed E-state index contributed by atoms with van der Waals surface area (Å²) in [5, 5.41) is 8.43. The lowest BCUT2D eigenvalue weighted by Crippen LogP contribution is -2.43. The maximum atomic E-state index is 13.2. The van der Waals surface area contributed by atoms with Crippen LogP contribution in [0.25, 0.3) is 11.0 Å². The Morgan fingerprint density at radius 3 is 2.60 bits per heavy atom. The molecular weight excluding hydrogens is 438 g/mol. The van der Waals surface area contributed by atoms with E-state index in [0.29, 0.717) is 17.9 Å². The molecule has 3 aromatic rings. The molecule has 0 spiro atoms. The first-order valence-electron chi connectivity index (χ1n) is 12.3. The zero-order chi connectivity index (χ0) is 24.5. The summed E-state index contributed by atoms with van der Waals surface area (Å²) in [6.07, 6.45) is 4.54. The number of hydrogen-bond acceptors (Lipinski definition) is 6. The second kappa shape index (κ2) is 9.62. The Kier molecular flexibility index (Phi) is 6.38. The second-order valence-corrected chi connectivity index (χ2v) is 9.68. The Bertz CT molecular complexity index is 1300. The third-order valence-electron chi connectivity index (χ3n) is 7.27. The lowest BCUT2D eigenvalue weighted by molar-refractivity contribution is 0.0912. The third-order valence-corrected chi connectivity index (χ3v) is 7.27. The molecule has 1 unspecified atom stereocenters. The van der Waals surface area contributed by atoms with Gasteiger partial charge in [0.2, 0.25) is 0 Å². The average Bonchev–Trinajstić information content (AvgIpc) is 3.13. The van der Waals surface area contributed by atoms with Crippen LogP contribution >= 0.6 is 0 Å². The number of piperidine rings is 1. The van der Waals surface area contributed by atoms with Crippen molar-refractivity contribution in [3.8, 4) is 0 Å². The van der Waals surface area contributed by atoms with Gasteiger partial charge in [0.05, 0.1) is 11.1 Å². The van der Waals surface area contributed by atoms with Gasteiger partial charge >= 0.3 is 0 Å². The summed E-state index contributed by atoms with van der Waals surface area (Å²) in [7, 11) is 3.93. The fourth-order valence-electron chi connectivity index (χ4n) is 5.16. The topological polar surface area (TPSA) is 101 Å². The van der Waals surface area contributed by atoms with Gasteiger partial charge < -0.3 is 16.0 Å². The van der Waals surface area contributed by atoms with Crippen LogP contribution in [0.4, 0.5) is 0 Å². The van der Waals surface area contributed by atoms with E-state index in [-0.39, 0.29) is 17.9 Å². The fourth-order valence-corrected chi connectivity index (χ4v) is 5.16. The van der Waals surface area contributed by atoms with E-state index in [1.165, 1.54) is 5.56 Å². The molecule has 8 nitrogen and oxygen atoms in total. The minimum atomic E-state index is -0.150. The van der Waals surface area contributed by atoms with E-state index in [1.807, 2.05) is 38.2 Å². The average molecular weight is 472 g/mol. The zero-order valence-electron chi connectivity index (χ0n) is 20.7. The van der Waals surface area contributed by atoms with E-state index < -0.39 is 0 Å². The highest BCUT2D eigenvalue weighted by Gasteiger charge is 2.25. The van der Waals surface area contributed by atoms with Gasteiger partial charge in [-0.3, -0.25) is 9.79 Å². The molecule has 0 saturated carbocycles. The largest absolute Gasteiger partial charge is 0.401 e. The van der Waals surface area contributed by atoms with Gasteiger partial charge in [0, 0.05) is 43.0 Å². The van der Waals surface area contributed by atoms with E-state index in [4.69, 9.17) is 10.7 Å². The number of pyridine rings is 1. The number of benzene rings is 1. The van der Waals surface area contributed by atoms with Crippen LogP contribution in [0.1, 0.15) is 53.7 Å². The lowest BCUT2D eigenvalue weighted by Gasteiger charge is -2.29. The number of aliphatic imine (C=N–C) groups is 1. The molecule has 2 aromatic heterocycles. The molecule has 182 valence electrons. The Morgan fingerprint density at radius 2 is 1.86 bits per heavy atom. The quantitative estimate of drug-likeness (QED) is 0.609. The van der Waals surface area contributed by atoms with Crippen molar-refractivity contribution in [2.75, 3.05) is 26.7 Å². The van der Waals surface area contributed by atoms with Crippen LogP contribution in [0.15, 0.2) is 58.9 Å². The number of fused-ring (bicyclic) bond motifs is 1. The zero-order valence-corrected chi connectivity index (χ0v) is 20.7. The van der Waals surface area contributed by atoms with Crippen LogP contribution in [0.2, 0.25) is 0 Å². The molecule has 1 fully saturated rings. The van der Waals surface area contributed by atoms with Gasteiger partial charge in [-0.25, -0.2) is 9.67 Å². The number of nitrogens with one attached hydrogen (secondary N) is 1. The summed E-state index contributed by atoms with van der Waals surface area (Å²) in [6, 6.07) is 12.5. The maximum Gasteiger partial charge on any atom is 0.272 e. The predicted octanol–water partition coefficient (Wildman–Crippen LogP) is 3.00. The number of rotatable bonds is 4. The van der Waals surface area contributed by atoms with Crippen LogP contribution in [-0.4, -0.2) is 64.0 Å². The molecule has 5 rings (SSSR count).